The Bertz CT molecular complexity index is 845. The fourth-order valence-corrected chi connectivity index (χ4v) is 4.14. The highest BCUT2D eigenvalue weighted by molar-refractivity contribution is 7.87. The van der Waals surface area contributed by atoms with Crippen LogP contribution in [0.25, 0.3) is 10.9 Å². The normalized spacial score (nSPS) is 17.8. The molecule has 6 nitrogen and oxygen atoms in total. The molecule has 1 atom stereocenters. The molecule has 1 saturated heterocycles. The summed E-state index contributed by atoms with van der Waals surface area (Å²) in [4.78, 5) is 6.90. The lowest BCUT2D eigenvalue weighted by Crippen LogP contribution is -2.40. The Morgan fingerprint density at radius 2 is 2.04 bits per heavy atom. The van der Waals surface area contributed by atoms with E-state index in [0.717, 1.165) is 31.4 Å². The number of nitrogens with zero attached hydrogens (tertiary/aromatic N) is 2. The molecule has 1 aliphatic heterocycles. The number of nitrogens with one attached hydrogen (secondary N) is 1. The van der Waals surface area contributed by atoms with Crippen molar-refractivity contribution in [1.29, 1.82) is 0 Å². The van der Waals surface area contributed by atoms with Crippen LogP contribution in [0.2, 0.25) is 0 Å². The average Bonchev–Trinajstić information content (AvgIpc) is 2.58. The molecular weight excluding hydrogens is 336 g/mol. The highest BCUT2D eigenvalue weighted by Crippen LogP contribution is 2.31. The van der Waals surface area contributed by atoms with E-state index in [1.807, 2.05) is 6.20 Å². The molecule has 7 heteroatoms. The number of hydrogen-bond acceptors (Lipinski definition) is 4. The van der Waals surface area contributed by atoms with E-state index in [1.54, 1.807) is 0 Å². The van der Waals surface area contributed by atoms with Crippen molar-refractivity contribution in [3.63, 3.8) is 0 Å². The Balaban J connectivity index is 1.67. The summed E-state index contributed by atoms with van der Waals surface area (Å²) in [5, 5.41) is 6.21. The van der Waals surface area contributed by atoms with Gasteiger partial charge in [0.25, 0.3) is 10.2 Å². The number of anilines is 1. The van der Waals surface area contributed by atoms with Crippen LogP contribution in [0.5, 0.6) is 0 Å². The van der Waals surface area contributed by atoms with Crippen molar-refractivity contribution < 1.29 is 8.42 Å². The zero-order valence-corrected chi connectivity index (χ0v) is 15.6. The molecule has 0 aliphatic carbocycles. The number of pyridine rings is 1. The molecule has 2 aromatic rings. The third-order valence-electron chi connectivity index (χ3n) is 5.17. The minimum absolute atomic E-state index is 0.275. The monoisotopic (exact) mass is 362 g/mol. The summed E-state index contributed by atoms with van der Waals surface area (Å²) >= 11 is 0. The second kappa shape index (κ2) is 7.27. The number of nitrogens with two attached hydrogens (primary N) is 1. The number of aromatic nitrogens is 1. The number of piperidine rings is 1. The first-order chi connectivity index (χ1) is 11.8. The molecule has 2 heterocycles. The maximum Gasteiger partial charge on any atom is 0.274 e. The van der Waals surface area contributed by atoms with Crippen molar-refractivity contribution in [3.05, 3.63) is 36.0 Å². The van der Waals surface area contributed by atoms with E-state index < -0.39 is 10.2 Å². The van der Waals surface area contributed by atoms with Crippen LogP contribution in [0.1, 0.15) is 25.3 Å². The van der Waals surface area contributed by atoms with Crippen LogP contribution in [0, 0.1) is 18.8 Å². The Morgan fingerprint density at radius 3 is 2.72 bits per heavy atom. The van der Waals surface area contributed by atoms with Crippen LogP contribution in [0.15, 0.2) is 30.5 Å². The fourth-order valence-electron chi connectivity index (χ4n) is 3.64. The van der Waals surface area contributed by atoms with Gasteiger partial charge in [-0.05, 0) is 49.3 Å². The van der Waals surface area contributed by atoms with Gasteiger partial charge in [0.1, 0.15) is 0 Å². The van der Waals surface area contributed by atoms with E-state index >= 15 is 0 Å². The predicted molar refractivity (Wildman–Crippen MR) is 102 cm³/mol. The van der Waals surface area contributed by atoms with Gasteiger partial charge in [0.15, 0.2) is 0 Å². The van der Waals surface area contributed by atoms with Crippen LogP contribution >= 0.6 is 0 Å². The number of benzene rings is 1. The molecule has 1 aromatic carbocycles. The average molecular weight is 362 g/mol. The first-order valence-corrected chi connectivity index (χ1v) is 10.3. The molecule has 3 rings (SSSR count). The Labute approximate surface area is 149 Å². The predicted octanol–water partition coefficient (Wildman–Crippen LogP) is 2.19. The highest BCUT2D eigenvalue weighted by Gasteiger charge is 2.25. The quantitative estimate of drug-likeness (QED) is 0.853. The van der Waals surface area contributed by atoms with Gasteiger partial charge in [-0.3, -0.25) is 4.98 Å². The molecule has 136 valence electrons. The lowest BCUT2D eigenvalue weighted by atomic mass is 9.85. The lowest BCUT2D eigenvalue weighted by molar-refractivity contribution is 0.293. The largest absolute Gasteiger partial charge is 0.371 e. The van der Waals surface area contributed by atoms with Gasteiger partial charge in [-0.15, -0.1) is 0 Å². The molecule has 1 aliphatic rings. The number of aryl methyl sites for hydroxylation is 1. The van der Waals surface area contributed by atoms with E-state index in [0.29, 0.717) is 12.5 Å². The summed E-state index contributed by atoms with van der Waals surface area (Å²) < 4.78 is 24.5. The second-order valence-electron chi connectivity index (χ2n) is 7.05. The van der Waals surface area contributed by atoms with Gasteiger partial charge in [0.2, 0.25) is 0 Å². The molecule has 0 spiro atoms. The van der Waals surface area contributed by atoms with Crippen LogP contribution in [0.3, 0.4) is 0 Å². The number of fused-ring (bicyclic) bond motifs is 1. The molecule has 0 saturated carbocycles. The van der Waals surface area contributed by atoms with Gasteiger partial charge >= 0.3 is 0 Å². The lowest BCUT2D eigenvalue weighted by Gasteiger charge is -2.36. The maximum atomic E-state index is 11.1. The van der Waals surface area contributed by atoms with Gasteiger partial charge in [-0.1, -0.05) is 19.1 Å². The summed E-state index contributed by atoms with van der Waals surface area (Å²) in [6.07, 6.45) is 3.97. The molecule has 3 N–H and O–H groups in total. The smallest absolute Gasteiger partial charge is 0.274 e. The van der Waals surface area contributed by atoms with E-state index in [9.17, 15) is 8.42 Å². The zero-order valence-electron chi connectivity index (χ0n) is 14.8. The number of hydrogen-bond donors (Lipinski definition) is 2. The van der Waals surface area contributed by atoms with Gasteiger partial charge < -0.3 is 4.90 Å². The zero-order chi connectivity index (χ0) is 18.0. The first-order valence-electron chi connectivity index (χ1n) is 8.71. The summed E-state index contributed by atoms with van der Waals surface area (Å²) in [6.45, 7) is 6.51. The van der Waals surface area contributed by atoms with E-state index in [1.165, 1.54) is 16.6 Å². The third-order valence-corrected chi connectivity index (χ3v) is 5.74. The third kappa shape index (κ3) is 4.48. The van der Waals surface area contributed by atoms with Crippen molar-refractivity contribution in [1.82, 2.24) is 9.71 Å². The molecule has 0 bridgehead atoms. The van der Waals surface area contributed by atoms with Crippen molar-refractivity contribution in [2.24, 2.45) is 17.0 Å². The van der Waals surface area contributed by atoms with Gasteiger partial charge in [0.05, 0.1) is 5.52 Å². The minimum Gasteiger partial charge on any atom is -0.371 e. The molecule has 0 radical (unpaired) electrons. The second-order valence-corrected chi connectivity index (χ2v) is 8.42. The maximum absolute atomic E-state index is 11.1. The van der Waals surface area contributed by atoms with Crippen LogP contribution in [0.4, 0.5) is 5.69 Å². The molecule has 1 aromatic heterocycles. The Hall–Kier alpha value is -1.70. The summed E-state index contributed by atoms with van der Waals surface area (Å²) in [7, 11) is -3.61. The Kier molecular flexibility index (Phi) is 5.27. The summed E-state index contributed by atoms with van der Waals surface area (Å²) in [6, 6.07) is 8.48. The molecule has 1 unspecified atom stereocenters. The molecule has 0 amide bonds. The van der Waals surface area contributed by atoms with Crippen LogP contribution in [-0.2, 0) is 10.2 Å². The highest BCUT2D eigenvalue weighted by atomic mass is 32.2. The summed E-state index contributed by atoms with van der Waals surface area (Å²) in [5.41, 5.74) is 3.48. The standard InChI is InChI=1S/C18H26N4O2S/c1-13-3-4-16-17(11-13)20-8-5-18(16)22-9-6-15(7-10-22)14(2)12-21-25(19,23)24/h3-5,8,11,14-15,21H,6-7,9-10,12H2,1-2H3,(H2,19,23,24). The van der Waals surface area contributed by atoms with Gasteiger partial charge in [-0.25, -0.2) is 9.86 Å². The van der Waals surface area contributed by atoms with Gasteiger partial charge in [-0.2, -0.15) is 8.42 Å². The minimum atomic E-state index is -3.61. The Morgan fingerprint density at radius 1 is 1.32 bits per heavy atom. The molecule has 25 heavy (non-hydrogen) atoms. The van der Waals surface area contributed by atoms with Crippen LogP contribution in [-0.4, -0.2) is 33.0 Å². The summed E-state index contributed by atoms with van der Waals surface area (Å²) in [5.74, 6) is 0.776. The van der Waals surface area contributed by atoms with Crippen LogP contribution < -0.4 is 14.8 Å². The van der Waals surface area contributed by atoms with E-state index in [4.69, 9.17) is 5.14 Å². The molecular formula is C18H26N4O2S. The van der Waals surface area contributed by atoms with Crippen molar-refractivity contribution in [2.45, 2.75) is 26.7 Å². The first kappa shape index (κ1) is 18.1. The molecule has 1 fully saturated rings. The van der Waals surface area contributed by atoms with E-state index in [-0.39, 0.29) is 5.92 Å². The van der Waals surface area contributed by atoms with Crippen molar-refractivity contribution in [3.8, 4) is 0 Å². The fraction of sp³-hybridized carbons (Fsp3) is 0.500. The van der Waals surface area contributed by atoms with Crippen molar-refractivity contribution >= 4 is 26.8 Å². The topological polar surface area (TPSA) is 88.3 Å². The van der Waals surface area contributed by atoms with E-state index in [2.05, 4.69) is 52.7 Å². The number of rotatable bonds is 5. The SMILES string of the molecule is Cc1ccc2c(N3CCC(C(C)CNS(N)(=O)=O)CC3)ccnc2c1. The van der Waals surface area contributed by atoms with Crippen molar-refractivity contribution in [2.75, 3.05) is 24.5 Å². The van der Waals surface area contributed by atoms with Gasteiger partial charge in [0, 0.05) is 36.9 Å².